The van der Waals surface area contributed by atoms with Crippen molar-refractivity contribution >= 4 is 29.8 Å². The third-order valence-electron chi connectivity index (χ3n) is 8.04. The Kier molecular flexibility index (Phi) is 5.61. The van der Waals surface area contributed by atoms with Crippen molar-refractivity contribution in [1.82, 2.24) is 5.32 Å². The van der Waals surface area contributed by atoms with E-state index in [0.717, 1.165) is 44.2 Å². The SMILES string of the molecule is C[C@]12CCC(=NOCCN)CC1NC(=O)[C@@H]1[C@H]2CC[C@]2(C)C(=O)CC[C@@H]12.Cl. The minimum absolute atomic E-state index is 0. The number of hydrogen-bond acceptors (Lipinski definition) is 5. The van der Waals surface area contributed by atoms with Crippen molar-refractivity contribution in [2.45, 2.75) is 64.8 Å². The monoisotopic (exact) mass is 397 g/mol. The molecule has 1 heterocycles. The van der Waals surface area contributed by atoms with Crippen LogP contribution in [0.15, 0.2) is 5.16 Å². The second-order valence-electron chi connectivity index (χ2n) is 9.21. The molecule has 0 radical (unpaired) electrons. The lowest BCUT2D eigenvalue weighted by molar-refractivity contribution is -0.153. The number of nitrogens with one attached hydrogen (secondary N) is 1. The molecule has 1 aliphatic heterocycles. The molecule has 0 bridgehead atoms. The molecule has 152 valence electrons. The van der Waals surface area contributed by atoms with Crippen LogP contribution in [0.3, 0.4) is 0 Å². The summed E-state index contributed by atoms with van der Waals surface area (Å²) >= 11 is 0. The molecule has 0 aromatic heterocycles. The second-order valence-corrected chi connectivity index (χ2v) is 9.21. The molecule has 3 aliphatic carbocycles. The highest BCUT2D eigenvalue weighted by Crippen LogP contribution is 2.61. The van der Waals surface area contributed by atoms with Crippen LogP contribution in [-0.4, -0.2) is 36.6 Å². The van der Waals surface area contributed by atoms with E-state index in [0.29, 0.717) is 31.3 Å². The Morgan fingerprint density at radius 3 is 2.70 bits per heavy atom. The summed E-state index contributed by atoms with van der Waals surface area (Å²) in [4.78, 5) is 30.8. The third-order valence-corrected chi connectivity index (χ3v) is 8.04. The lowest BCUT2D eigenvalue weighted by atomic mass is 9.49. The van der Waals surface area contributed by atoms with Gasteiger partial charge in [0.25, 0.3) is 0 Å². The average Bonchev–Trinajstić information content (AvgIpc) is 2.92. The minimum Gasteiger partial charge on any atom is -0.395 e. The van der Waals surface area contributed by atoms with Gasteiger partial charge in [-0.15, -0.1) is 12.4 Å². The number of halogens is 1. The van der Waals surface area contributed by atoms with Gasteiger partial charge in [-0.1, -0.05) is 19.0 Å². The molecule has 6 atom stereocenters. The topological polar surface area (TPSA) is 93.8 Å². The summed E-state index contributed by atoms with van der Waals surface area (Å²) in [6.45, 7) is 5.32. The predicted molar refractivity (Wildman–Crippen MR) is 106 cm³/mol. The molecular formula is C20H32ClN3O3. The van der Waals surface area contributed by atoms with Crippen LogP contribution in [0.5, 0.6) is 0 Å². The molecule has 0 aromatic carbocycles. The first-order valence-electron chi connectivity index (χ1n) is 10.1. The van der Waals surface area contributed by atoms with Crippen LogP contribution in [0.2, 0.25) is 0 Å². The van der Waals surface area contributed by atoms with Crippen molar-refractivity contribution in [2.24, 2.45) is 39.5 Å². The lowest BCUT2D eigenvalue weighted by Crippen LogP contribution is -2.65. The Labute approximate surface area is 167 Å². The number of Topliss-reactive ketones (excluding diaryl/α,β-unsaturated/α-hetero) is 1. The summed E-state index contributed by atoms with van der Waals surface area (Å²) < 4.78 is 0. The van der Waals surface area contributed by atoms with Gasteiger partial charge in [-0.25, -0.2) is 0 Å². The third kappa shape index (κ3) is 3.09. The molecule has 7 heteroatoms. The van der Waals surface area contributed by atoms with Gasteiger partial charge >= 0.3 is 0 Å². The number of nitrogens with two attached hydrogens (primary N) is 1. The number of ketones is 1. The van der Waals surface area contributed by atoms with Gasteiger partial charge in [0.1, 0.15) is 12.4 Å². The first-order valence-corrected chi connectivity index (χ1v) is 10.1. The molecule has 3 N–H and O–H groups in total. The quantitative estimate of drug-likeness (QED) is 0.565. The number of oxime groups is 1. The van der Waals surface area contributed by atoms with Crippen molar-refractivity contribution in [3.63, 3.8) is 0 Å². The van der Waals surface area contributed by atoms with E-state index < -0.39 is 0 Å². The molecule has 1 saturated heterocycles. The largest absolute Gasteiger partial charge is 0.395 e. The Balaban J connectivity index is 0.00000210. The summed E-state index contributed by atoms with van der Waals surface area (Å²) in [6, 6.07) is 0.117. The van der Waals surface area contributed by atoms with Crippen molar-refractivity contribution in [3.05, 3.63) is 0 Å². The molecule has 0 spiro atoms. The van der Waals surface area contributed by atoms with Crippen LogP contribution in [0.25, 0.3) is 0 Å². The number of hydrogen-bond donors (Lipinski definition) is 2. The van der Waals surface area contributed by atoms with Gasteiger partial charge in [0, 0.05) is 36.8 Å². The van der Waals surface area contributed by atoms with Crippen LogP contribution in [0, 0.1) is 28.6 Å². The summed E-state index contributed by atoms with van der Waals surface area (Å²) in [6.07, 6.45) is 6.14. The van der Waals surface area contributed by atoms with Crippen molar-refractivity contribution < 1.29 is 14.4 Å². The zero-order valence-electron chi connectivity index (χ0n) is 16.3. The molecule has 1 unspecified atom stereocenters. The molecule has 1 amide bonds. The van der Waals surface area contributed by atoms with E-state index in [-0.39, 0.29) is 47.0 Å². The van der Waals surface area contributed by atoms with Gasteiger partial charge in [0.15, 0.2) is 0 Å². The molecule has 27 heavy (non-hydrogen) atoms. The Morgan fingerprint density at radius 1 is 1.19 bits per heavy atom. The summed E-state index contributed by atoms with van der Waals surface area (Å²) in [5, 5.41) is 7.55. The molecule has 3 saturated carbocycles. The van der Waals surface area contributed by atoms with Gasteiger partial charge in [-0.05, 0) is 49.4 Å². The fraction of sp³-hybridized carbons (Fsp3) is 0.850. The van der Waals surface area contributed by atoms with Crippen molar-refractivity contribution in [2.75, 3.05) is 13.2 Å². The van der Waals surface area contributed by atoms with Gasteiger partial charge in [0.05, 0.1) is 5.71 Å². The summed E-state index contributed by atoms with van der Waals surface area (Å²) in [7, 11) is 0. The molecule has 4 fully saturated rings. The maximum atomic E-state index is 13.1. The van der Waals surface area contributed by atoms with E-state index in [4.69, 9.17) is 10.6 Å². The maximum absolute atomic E-state index is 13.1. The highest BCUT2D eigenvalue weighted by Gasteiger charge is 2.62. The zero-order valence-corrected chi connectivity index (χ0v) is 17.1. The Hall–Kier alpha value is -1.14. The Morgan fingerprint density at radius 2 is 1.96 bits per heavy atom. The molecule has 0 aromatic rings. The van der Waals surface area contributed by atoms with Crippen LogP contribution < -0.4 is 11.1 Å². The second kappa shape index (κ2) is 7.36. The summed E-state index contributed by atoms with van der Waals surface area (Å²) in [5.74, 6) is 1.11. The van der Waals surface area contributed by atoms with Gasteiger partial charge in [-0.2, -0.15) is 0 Å². The fourth-order valence-electron chi connectivity index (χ4n) is 6.38. The number of piperidine rings is 1. The zero-order chi connectivity index (χ0) is 18.5. The highest BCUT2D eigenvalue weighted by atomic mass is 35.5. The number of carbonyl (C=O) groups excluding carboxylic acids is 2. The minimum atomic E-state index is -0.279. The number of carbonyl (C=O) groups is 2. The first kappa shape index (κ1) is 20.6. The van der Waals surface area contributed by atoms with E-state index in [1.165, 1.54) is 0 Å². The number of rotatable bonds is 3. The molecule has 4 aliphatic rings. The maximum Gasteiger partial charge on any atom is 0.223 e. The van der Waals surface area contributed by atoms with E-state index in [1.807, 2.05) is 0 Å². The molecule has 4 rings (SSSR count). The van der Waals surface area contributed by atoms with Crippen LogP contribution in [0.1, 0.15) is 58.8 Å². The predicted octanol–water partition coefficient (Wildman–Crippen LogP) is 2.44. The average molecular weight is 398 g/mol. The summed E-state index contributed by atoms with van der Waals surface area (Å²) in [5.41, 5.74) is 6.28. The smallest absolute Gasteiger partial charge is 0.223 e. The van der Waals surface area contributed by atoms with Gasteiger partial charge < -0.3 is 15.9 Å². The van der Waals surface area contributed by atoms with Crippen LogP contribution in [-0.2, 0) is 14.4 Å². The van der Waals surface area contributed by atoms with Gasteiger partial charge in [-0.3, -0.25) is 9.59 Å². The lowest BCUT2D eigenvalue weighted by Gasteiger charge is -2.58. The normalized spacial score (nSPS) is 44.6. The Bertz CT molecular complexity index is 654. The fourth-order valence-corrected chi connectivity index (χ4v) is 6.38. The molecular weight excluding hydrogens is 366 g/mol. The van der Waals surface area contributed by atoms with Gasteiger partial charge in [0.2, 0.25) is 5.91 Å². The standard InChI is InChI=1S/C20H31N3O3.ClH/c1-19-7-5-12(23-26-10-9-21)11-15(19)22-18(25)17-13-3-4-16(24)20(13,2)8-6-14(17)19;/h13-15,17H,3-11,21H2,1-2H3,(H,22,25);1H/t13-,14+,15?,17-,19+,20-;/m0./s1. The van der Waals surface area contributed by atoms with Crippen LogP contribution in [0.4, 0.5) is 0 Å². The number of fused-ring (bicyclic) bond motifs is 5. The number of nitrogens with zero attached hydrogens (tertiary/aromatic N) is 1. The highest BCUT2D eigenvalue weighted by molar-refractivity contribution is 5.91. The van der Waals surface area contributed by atoms with E-state index in [9.17, 15) is 9.59 Å². The first-order chi connectivity index (χ1) is 12.4. The van der Waals surface area contributed by atoms with Crippen molar-refractivity contribution in [1.29, 1.82) is 0 Å². The van der Waals surface area contributed by atoms with E-state index in [2.05, 4.69) is 24.3 Å². The van der Waals surface area contributed by atoms with E-state index >= 15 is 0 Å². The number of amides is 1. The molecule has 6 nitrogen and oxygen atoms in total. The van der Waals surface area contributed by atoms with Crippen molar-refractivity contribution in [3.8, 4) is 0 Å². The van der Waals surface area contributed by atoms with Crippen LogP contribution >= 0.6 is 12.4 Å². The van der Waals surface area contributed by atoms with E-state index in [1.54, 1.807) is 0 Å².